The van der Waals surface area contributed by atoms with Gasteiger partial charge >= 0.3 is 5.97 Å². The van der Waals surface area contributed by atoms with Gasteiger partial charge < -0.3 is 14.8 Å². The number of fused-ring (bicyclic) bond motifs is 1. The van der Waals surface area contributed by atoms with Crippen LogP contribution in [-0.4, -0.2) is 23.2 Å². The molecule has 1 aromatic heterocycles. The number of carbonyl (C=O) groups is 1. The standard InChI is InChI=1S/C12H13NO3/c1-16-12(15)7-11(14)9-3-2-4-10-8(9)5-6-13-10/h2-6,11,13-14H,7H2,1H3/t11-/m0/s1. The van der Waals surface area contributed by atoms with Crippen LogP contribution in [0.2, 0.25) is 0 Å². The Bertz CT molecular complexity index is 504. The van der Waals surface area contributed by atoms with Gasteiger partial charge in [0.05, 0.1) is 19.6 Å². The van der Waals surface area contributed by atoms with E-state index in [9.17, 15) is 9.90 Å². The van der Waals surface area contributed by atoms with Gasteiger partial charge in [-0.3, -0.25) is 4.79 Å². The van der Waals surface area contributed by atoms with E-state index < -0.39 is 12.1 Å². The van der Waals surface area contributed by atoms with Gasteiger partial charge in [-0.05, 0) is 17.7 Å². The number of ether oxygens (including phenoxy) is 1. The molecule has 0 saturated carbocycles. The molecule has 0 aliphatic rings. The average Bonchev–Trinajstić information content (AvgIpc) is 2.76. The molecule has 0 unspecified atom stereocenters. The molecule has 2 rings (SSSR count). The summed E-state index contributed by atoms with van der Waals surface area (Å²) < 4.78 is 4.53. The Balaban J connectivity index is 2.32. The van der Waals surface area contributed by atoms with E-state index in [1.165, 1.54) is 7.11 Å². The first-order valence-electron chi connectivity index (χ1n) is 5.03. The monoisotopic (exact) mass is 219 g/mol. The number of rotatable bonds is 3. The van der Waals surface area contributed by atoms with Crippen molar-refractivity contribution in [2.24, 2.45) is 0 Å². The van der Waals surface area contributed by atoms with Crippen molar-refractivity contribution < 1.29 is 14.6 Å². The van der Waals surface area contributed by atoms with Crippen LogP contribution in [0.25, 0.3) is 10.9 Å². The fourth-order valence-electron chi connectivity index (χ4n) is 1.75. The average molecular weight is 219 g/mol. The van der Waals surface area contributed by atoms with E-state index in [-0.39, 0.29) is 6.42 Å². The van der Waals surface area contributed by atoms with E-state index in [4.69, 9.17) is 0 Å². The first-order chi connectivity index (χ1) is 7.72. The number of nitrogens with one attached hydrogen (secondary N) is 1. The molecule has 84 valence electrons. The summed E-state index contributed by atoms with van der Waals surface area (Å²) in [5.41, 5.74) is 1.69. The quantitative estimate of drug-likeness (QED) is 0.773. The fourth-order valence-corrected chi connectivity index (χ4v) is 1.75. The topological polar surface area (TPSA) is 62.3 Å². The van der Waals surface area contributed by atoms with Crippen LogP contribution in [0.1, 0.15) is 18.1 Å². The van der Waals surface area contributed by atoms with Gasteiger partial charge in [0.15, 0.2) is 0 Å². The van der Waals surface area contributed by atoms with Gasteiger partial charge in [-0.15, -0.1) is 0 Å². The highest BCUT2D eigenvalue weighted by Gasteiger charge is 2.15. The highest BCUT2D eigenvalue weighted by molar-refractivity contribution is 5.84. The summed E-state index contributed by atoms with van der Waals surface area (Å²) in [5, 5.41) is 10.9. The largest absolute Gasteiger partial charge is 0.469 e. The fraction of sp³-hybridized carbons (Fsp3) is 0.250. The molecule has 2 N–H and O–H groups in total. The van der Waals surface area contributed by atoms with Crippen LogP contribution in [0.3, 0.4) is 0 Å². The third-order valence-corrected chi connectivity index (χ3v) is 2.58. The molecular weight excluding hydrogens is 206 g/mol. The number of hydrogen-bond acceptors (Lipinski definition) is 3. The molecule has 0 bridgehead atoms. The zero-order valence-corrected chi connectivity index (χ0v) is 8.93. The minimum atomic E-state index is -0.827. The summed E-state index contributed by atoms with van der Waals surface area (Å²) in [5.74, 6) is -0.417. The second-order valence-electron chi connectivity index (χ2n) is 3.58. The molecule has 16 heavy (non-hydrogen) atoms. The molecule has 4 nitrogen and oxygen atoms in total. The van der Waals surface area contributed by atoms with Gasteiger partial charge in [0.1, 0.15) is 0 Å². The van der Waals surface area contributed by atoms with Crippen LogP contribution in [0.5, 0.6) is 0 Å². The lowest BCUT2D eigenvalue weighted by molar-refractivity contribution is -0.142. The van der Waals surface area contributed by atoms with Crippen LogP contribution < -0.4 is 0 Å². The summed E-state index contributed by atoms with van der Waals surface area (Å²) in [6.07, 6.45) is 0.951. The summed E-state index contributed by atoms with van der Waals surface area (Å²) >= 11 is 0. The third kappa shape index (κ3) is 1.92. The van der Waals surface area contributed by atoms with Crippen molar-refractivity contribution in [3.8, 4) is 0 Å². The van der Waals surface area contributed by atoms with Gasteiger partial charge in [-0.1, -0.05) is 12.1 Å². The van der Waals surface area contributed by atoms with Crippen molar-refractivity contribution in [1.82, 2.24) is 4.98 Å². The van der Waals surface area contributed by atoms with Crippen molar-refractivity contribution in [2.75, 3.05) is 7.11 Å². The predicted molar refractivity (Wildman–Crippen MR) is 59.9 cm³/mol. The Morgan fingerprint density at radius 1 is 1.50 bits per heavy atom. The van der Waals surface area contributed by atoms with Gasteiger partial charge in [-0.25, -0.2) is 0 Å². The number of aliphatic hydroxyl groups excluding tert-OH is 1. The lowest BCUT2D eigenvalue weighted by atomic mass is 10.0. The second kappa shape index (κ2) is 4.37. The molecule has 0 fully saturated rings. The molecule has 1 heterocycles. The SMILES string of the molecule is COC(=O)C[C@H](O)c1cccc2[nH]ccc12. The van der Waals surface area contributed by atoms with Crippen molar-refractivity contribution in [1.29, 1.82) is 0 Å². The predicted octanol–water partition coefficient (Wildman–Crippen LogP) is 1.76. The van der Waals surface area contributed by atoms with Crippen LogP contribution in [0.15, 0.2) is 30.5 Å². The Morgan fingerprint density at radius 2 is 2.31 bits per heavy atom. The van der Waals surface area contributed by atoms with Crippen LogP contribution in [0, 0.1) is 0 Å². The maximum atomic E-state index is 11.1. The van der Waals surface area contributed by atoms with E-state index in [1.54, 1.807) is 6.20 Å². The molecule has 0 aliphatic heterocycles. The maximum absolute atomic E-state index is 11.1. The number of carbonyl (C=O) groups excluding carboxylic acids is 1. The molecule has 2 aromatic rings. The van der Waals surface area contributed by atoms with E-state index in [2.05, 4.69) is 9.72 Å². The second-order valence-corrected chi connectivity index (χ2v) is 3.58. The lowest BCUT2D eigenvalue weighted by Gasteiger charge is -2.10. The van der Waals surface area contributed by atoms with Crippen LogP contribution in [0.4, 0.5) is 0 Å². The molecule has 1 atom stereocenters. The van der Waals surface area contributed by atoms with Crippen molar-refractivity contribution >= 4 is 16.9 Å². The van der Waals surface area contributed by atoms with Crippen LogP contribution >= 0.6 is 0 Å². The smallest absolute Gasteiger partial charge is 0.308 e. The van der Waals surface area contributed by atoms with E-state index in [1.807, 2.05) is 24.3 Å². The minimum absolute atomic E-state index is 0.0270. The zero-order valence-electron chi connectivity index (χ0n) is 8.93. The normalized spacial score (nSPS) is 12.6. The molecule has 0 saturated heterocycles. The van der Waals surface area contributed by atoms with Crippen molar-refractivity contribution in [3.63, 3.8) is 0 Å². The number of hydrogen-bond donors (Lipinski definition) is 2. The molecule has 0 aliphatic carbocycles. The number of esters is 1. The first kappa shape index (κ1) is 10.7. The lowest BCUT2D eigenvalue weighted by Crippen LogP contribution is -2.08. The number of aromatic nitrogens is 1. The summed E-state index contributed by atoms with van der Waals surface area (Å²) in [6, 6.07) is 7.45. The third-order valence-electron chi connectivity index (χ3n) is 2.58. The molecule has 1 aromatic carbocycles. The molecule has 0 spiro atoms. The Morgan fingerprint density at radius 3 is 3.06 bits per heavy atom. The number of benzene rings is 1. The minimum Gasteiger partial charge on any atom is -0.469 e. The van der Waals surface area contributed by atoms with Gasteiger partial charge in [0.25, 0.3) is 0 Å². The molecule has 4 heteroatoms. The van der Waals surface area contributed by atoms with Crippen LogP contribution in [-0.2, 0) is 9.53 Å². The number of aromatic amines is 1. The Kier molecular flexibility index (Phi) is 2.92. The van der Waals surface area contributed by atoms with E-state index in [0.717, 1.165) is 16.5 Å². The van der Waals surface area contributed by atoms with Gasteiger partial charge in [0.2, 0.25) is 0 Å². The Hall–Kier alpha value is -1.81. The van der Waals surface area contributed by atoms with Gasteiger partial charge in [-0.2, -0.15) is 0 Å². The molecule has 0 radical (unpaired) electrons. The van der Waals surface area contributed by atoms with E-state index >= 15 is 0 Å². The highest BCUT2D eigenvalue weighted by Crippen LogP contribution is 2.25. The summed E-state index contributed by atoms with van der Waals surface area (Å²) in [7, 11) is 1.31. The summed E-state index contributed by atoms with van der Waals surface area (Å²) in [4.78, 5) is 14.1. The van der Waals surface area contributed by atoms with Crippen molar-refractivity contribution in [2.45, 2.75) is 12.5 Å². The first-order valence-corrected chi connectivity index (χ1v) is 5.03. The Labute approximate surface area is 92.9 Å². The molecule has 0 amide bonds. The zero-order chi connectivity index (χ0) is 11.5. The van der Waals surface area contributed by atoms with E-state index in [0.29, 0.717) is 0 Å². The number of methoxy groups -OCH3 is 1. The number of aliphatic hydroxyl groups is 1. The van der Waals surface area contributed by atoms with Crippen molar-refractivity contribution in [3.05, 3.63) is 36.0 Å². The molecular formula is C12H13NO3. The summed E-state index contributed by atoms with van der Waals surface area (Å²) in [6.45, 7) is 0. The van der Waals surface area contributed by atoms with Gasteiger partial charge in [0, 0.05) is 17.1 Å². The number of H-pyrrole nitrogens is 1. The maximum Gasteiger partial charge on any atom is 0.308 e. The highest BCUT2D eigenvalue weighted by atomic mass is 16.5.